The number of hydrogen-bond donors (Lipinski definition) is 0. The molecule has 0 aromatic heterocycles. The van der Waals surface area contributed by atoms with Gasteiger partial charge in [0.15, 0.2) is 6.29 Å². The van der Waals surface area contributed by atoms with Crippen molar-refractivity contribution in [3.05, 3.63) is 12.2 Å². The smallest absolute Gasteiger partial charge is 0.309 e. The molecule has 4 unspecified atom stereocenters. The van der Waals surface area contributed by atoms with Gasteiger partial charge in [-0.05, 0) is 44.6 Å². The number of hydrogen-bond acceptors (Lipinski definition) is 7. The van der Waals surface area contributed by atoms with Crippen molar-refractivity contribution in [3.63, 3.8) is 0 Å². The van der Waals surface area contributed by atoms with Crippen LogP contribution in [0.15, 0.2) is 12.2 Å². The van der Waals surface area contributed by atoms with E-state index in [4.69, 9.17) is 14.2 Å². The molecule has 37 heavy (non-hydrogen) atoms. The van der Waals surface area contributed by atoms with Crippen molar-refractivity contribution in [1.82, 2.24) is 0 Å². The first-order valence-corrected chi connectivity index (χ1v) is 13.8. The van der Waals surface area contributed by atoms with Crippen LogP contribution in [0.1, 0.15) is 97.3 Å². The van der Waals surface area contributed by atoms with Crippen LogP contribution in [0.5, 0.6) is 0 Å². The van der Waals surface area contributed by atoms with E-state index in [2.05, 4.69) is 4.74 Å². The van der Waals surface area contributed by atoms with E-state index >= 15 is 0 Å². The van der Waals surface area contributed by atoms with E-state index in [-0.39, 0.29) is 24.2 Å². The minimum atomic E-state index is -3.40. The van der Waals surface area contributed by atoms with Gasteiger partial charge in [-0.3, -0.25) is 14.4 Å². The Morgan fingerprint density at radius 3 is 2.46 bits per heavy atom. The van der Waals surface area contributed by atoms with Gasteiger partial charge in [-0.2, -0.15) is 8.78 Å². The van der Waals surface area contributed by atoms with Gasteiger partial charge in [0.1, 0.15) is 6.10 Å². The fraction of sp³-hybridized carbons (Fsp3) is 0.821. The fourth-order valence-corrected chi connectivity index (χ4v) is 5.19. The highest BCUT2D eigenvalue weighted by Gasteiger charge is 2.46. The zero-order valence-electron chi connectivity index (χ0n) is 22.6. The van der Waals surface area contributed by atoms with Gasteiger partial charge < -0.3 is 18.9 Å². The number of halogens is 2. The number of carbonyl (C=O) groups excluding carboxylic acids is 3. The third kappa shape index (κ3) is 10.8. The summed E-state index contributed by atoms with van der Waals surface area (Å²) in [6, 6.07) is 0. The SMILES string of the molecule is CCCCC(F)(F)C(=O)/C=C/[C@H]1C(OC2CCCCO2)CC(OC(C)=O)C1CCCCCCC(=O)OC. The molecule has 0 N–H and O–H groups in total. The average Bonchev–Trinajstić information content (AvgIpc) is 3.18. The molecule has 0 amide bonds. The summed E-state index contributed by atoms with van der Waals surface area (Å²) in [5.41, 5.74) is 0. The first-order valence-electron chi connectivity index (χ1n) is 13.8. The second-order valence-corrected chi connectivity index (χ2v) is 10.2. The fourth-order valence-electron chi connectivity index (χ4n) is 5.19. The molecule has 0 spiro atoms. The van der Waals surface area contributed by atoms with Crippen molar-refractivity contribution >= 4 is 17.7 Å². The quantitative estimate of drug-likeness (QED) is 0.139. The van der Waals surface area contributed by atoms with Crippen molar-refractivity contribution < 1.29 is 42.1 Å². The number of allylic oxidation sites excluding steroid dienone is 1. The summed E-state index contributed by atoms with van der Waals surface area (Å²) in [7, 11) is 1.37. The van der Waals surface area contributed by atoms with Crippen LogP contribution in [-0.4, -0.2) is 55.9 Å². The molecule has 0 aromatic rings. The highest BCUT2D eigenvalue weighted by molar-refractivity contribution is 5.95. The number of ketones is 1. The lowest BCUT2D eigenvalue weighted by atomic mass is 9.87. The molecule has 0 radical (unpaired) electrons. The van der Waals surface area contributed by atoms with E-state index in [1.807, 2.05) is 0 Å². The highest BCUT2D eigenvalue weighted by atomic mass is 19.3. The predicted molar refractivity (Wildman–Crippen MR) is 134 cm³/mol. The number of carbonyl (C=O) groups is 3. The number of rotatable bonds is 16. The molecule has 1 saturated heterocycles. The molecule has 9 heteroatoms. The molecule has 2 aliphatic rings. The molecule has 2 rings (SSSR count). The van der Waals surface area contributed by atoms with Crippen molar-refractivity contribution in [2.45, 2.75) is 122 Å². The standard InChI is InChI=1S/C28H44F2O7/c1-4-5-17-28(29,30)25(32)16-15-22-21(12-8-6-7-9-13-26(33)34-3)23(36-20(2)31)19-24(22)37-27-14-10-11-18-35-27/h15-16,21-24,27H,4-14,17-19H2,1-3H3/b16-15+/t21?,22-,23?,24?,27?/m1/s1. The Morgan fingerprint density at radius 2 is 1.81 bits per heavy atom. The minimum Gasteiger partial charge on any atom is -0.469 e. The number of methoxy groups -OCH3 is 1. The van der Waals surface area contributed by atoms with E-state index in [1.54, 1.807) is 13.0 Å². The second-order valence-electron chi connectivity index (χ2n) is 10.2. The van der Waals surface area contributed by atoms with Crippen LogP contribution >= 0.6 is 0 Å². The molecule has 0 aromatic carbocycles. The van der Waals surface area contributed by atoms with Crippen LogP contribution in [-0.2, 0) is 33.3 Å². The lowest BCUT2D eigenvalue weighted by molar-refractivity contribution is -0.193. The molecule has 5 atom stereocenters. The van der Waals surface area contributed by atoms with Gasteiger partial charge in [0.25, 0.3) is 0 Å². The van der Waals surface area contributed by atoms with Crippen molar-refractivity contribution in [3.8, 4) is 0 Å². The first-order chi connectivity index (χ1) is 17.7. The Hall–Kier alpha value is -1.87. The van der Waals surface area contributed by atoms with Crippen LogP contribution in [0.2, 0.25) is 0 Å². The molecular formula is C28H44F2O7. The highest BCUT2D eigenvalue weighted by Crippen LogP contribution is 2.42. The maximum absolute atomic E-state index is 14.3. The minimum absolute atomic E-state index is 0.175. The summed E-state index contributed by atoms with van der Waals surface area (Å²) in [5, 5.41) is 0. The van der Waals surface area contributed by atoms with Crippen LogP contribution in [0.25, 0.3) is 0 Å². The lowest BCUT2D eigenvalue weighted by Gasteiger charge is -2.29. The van der Waals surface area contributed by atoms with Crippen LogP contribution in [0, 0.1) is 11.8 Å². The molecular weight excluding hydrogens is 486 g/mol. The summed E-state index contributed by atoms with van der Waals surface area (Å²) in [6.45, 7) is 3.76. The third-order valence-corrected chi connectivity index (χ3v) is 7.22. The summed E-state index contributed by atoms with van der Waals surface area (Å²) in [4.78, 5) is 35.5. The predicted octanol–water partition coefficient (Wildman–Crippen LogP) is 5.93. The second kappa shape index (κ2) is 16.2. The summed E-state index contributed by atoms with van der Waals surface area (Å²) in [6.07, 6.45) is 9.05. The Morgan fingerprint density at radius 1 is 1.05 bits per heavy atom. The van der Waals surface area contributed by atoms with Crippen molar-refractivity contribution in [2.24, 2.45) is 11.8 Å². The maximum atomic E-state index is 14.3. The third-order valence-electron chi connectivity index (χ3n) is 7.22. The Kier molecular flexibility index (Phi) is 13.7. The number of unbranched alkanes of at least 4 members (excludes halogenated alkanes) is 4. The largest absolute Gasteiger partial charge is 0.469 e. The lowest BCUT2D eigenvalue weighted by Crippen LogP contribution is -2.31. The first kappa shape index (κ1) is 31.3. The van der Waals surface area contributed by atoms with Gasteiger partial charge in [-0.25, -0.2) is 0 Å². The van der Waals surface area contributed by atoms with Crippen LogP contribution in [0.4, 0.5) is 8.78 Å². The Bertz CT molecular complexity index is 749. The molecule has 1 saturated carbocycles. The van der Waals surface area contributed by atoms with Gasteiger partial charge in [-0.15, -0.1) is 0 Å². The summed E-state index contributed by atoms with van der Waals surface area (Å²) < 4.78 is 51.0. The zero-order valence-corrected chi connectivity index (χ0v) is 22.6. The number of alkyl halides is 2. The van der Waals surface area contributed by atoms with E-state index in [0.717, 1.165) is 51.0 Å². The maximum Gasteiger partial charge on any atom is 0.309 e. The van der Waals surface area contributed by atoms with Gasteiger partial charge in [-0.1, -0.05) is 38.7 Å². The number of ether oxygens (including phenoxy) is 4. The monoisotopic (exact) mass is 530 g/mol. The molecule has 7 nitrogen and oxygen atoms in total. The van der Waals surface area contributed by atoms with E-state index in [1.165, 1.54) is 14.0 Å². The Balaban J connectivity index is 2.13. The molecule has 1 aliphatic heterocycles. The van der Waals surface area contributed by atoms with Crippen LogP contribution in [0.3, 0.4) is 0 Å². The van der Waals surface area contributed by atoms with Crippen LogP contribution < -0.4 is 0 Å². The molecule has 2 fully saturated rings. The number of esters is 2. The van der Waals surface area contributed by atoms with Crippen molar-refractivity contribution in [2.75, 3.05) is 13.7 Å². The average molecular weight is 531 g/mol. The van der Waals surface area contributed by atoms with E-state index in [0.29, 0.717) is 32.3 Å². The molecule has 1 heterocycles. The summed E-state index contributed by atoms with van der Waals surface area (Å²) >= 11 is 0. The normalized spacial score (nSPS) is 26.4. The van der Waals surface area contributed by atoms with Gasteiger partial charge in [0.05, 0.1) is 13.2 Å². The summed E-state index contributed by atoms with van der Waals surface area (Å²) in [5.74, 6) is -5.79. The van der Waals surface area contributed by atoms with Gasteiger partial charge >= 0.3 is 17.9 Å². The topological polar surface area (TPSA) is 88.1 Å². The van der Waals surface area contributed by atoms with E-state index < -0.39 is 42.6 Å². The van der Waals surface area contributed by atoms with Gasteiger partial charge in [0, 0.05) is 44.6 Å². The molecule has 212 valence electrons. The van der Waals surface area contributed by atoms with E-state index in [9.17, 15) is 23.2 Å². The van der Waals surface area contributed by atoms with Crippen molar-refractivity contribution in [1.29, 1.82) is 0 Å². The van der Waals surface area contributed by atoms with Gasteiger partial charge in [0.2, 0.25) is 5.78 Å². The zero-order chi connectivity index (χ0) is 27.3. The Labute approximate surface area is 219 Å². The molecule has 0 bridgehead atoms. The molecule has 1 aliphatic carbocycles.